The number of nitrogens with two attached hydrogens (primary N) is 1. The van der Waals surface area contributed by atoms with E-state index >= 15 is 0 Å². The van der Waals surface area contributed by atoms with Crippen LogP contribution in [0.15, 0.2) is 0 Å². The molecule has 1 aromatic rings. The van der Waals surface area contributed by atoms with Crippen molar-refractivity contribution in [3.8, 4) is 0 Å². The molecule has 1 aliphatic rings. The predicted molar refractivity (Wildman–Crippen MR) is 92.5 cm³/mol. The molecular formula is C14H24N4OS2. The molecule has 0 aromatic carbocycles. The van der Waals surface area contributed by atoms with Gasteiger partial charge >= 0.3 is 0 Å². The minimum Gasteiger partial charge on any atom is -0.382 e. The highest BCUT2D eigenvalue weighted by Crippen LogP contribution is 2.33. The molecule has 1 fully saturated rings. The number of nitrogens with zero attached hydrogens (tertiary/aromatic N) is 3. The van der Waals surface area contributed by atoms with E-state index in [-0.39, 0.29) is 10.7 Å². The topological polar surface area (TPSA) is 62.5 Å². The fourth-order valence-corrected chi connectivity index (χ4v) is 4.45. The molecule has 0 spiro atoms. The Morgan fingerprint density at radius 2 is 2.24 bits per heavy atom. The average molecular weight is 329 g/mol. The van der Waals surface area contributed by atoms with Gasteiger partial charge in [-0.25, -0.2) is 4.98 Å². The minimum atomic E-state index is 0.0227. The lowest BCUT2D eigenvalue weighted by Gasteiger charge is -2.37. The van der Waals surface area contributed by atoms with Crippen molar-refractivity contribution in [2.75, 3.05) is 43.1 Å². The maximum atomic E-state index is 12.7. The van der Waals surface area contributed by atoms with Crippen molar-refractivity contribution < 1.29 is 4.79 Å². The molecule has 2 heterocycles. The Morgan fingerprint density at radius 1 is 1.52 bits per heavy atom. The molecule has 0 bridgehead atoms. The maximum Gasteiger partial charge on any atom is 0.267 e. The number of anilines is 2. The quantitative estimate of drug-likeness (QED) is 0.920. The molecule has 1 aromatic heterocycles. The molecule has 0 aliphatic carbocycles. The van der Waals surface area contributed by atoms with E-state index in [0.717, 1.165) is 36.9 Å². The van der Waals surface area contributed by atoms with Gasteiger partial charge in [0.1, 0.15) is 10.7 Å². The second-order valence-electron chi connectivity index (χ2n) is 5.97. The third-order valence-electron chi connectivity index (χ3n) is 3.43. The summed E-state index contributed by atoms with van der Waals surface area (Å²) in [6.07, 6.45) is 1.04. The second kappa shape index (κ2) is 6.44. The van der Waals surface area contributed by atoms with E-state index < -0.39 is 0 Å². The lowest BCUT2D eigenvalue weighted by Crippen LogP contribution is -2.46. The molecule has 0 radical (unpaired) electrons. The summed E-state index contributed by atoms with van der Waals surface area (Å²) in [5.41, 5.74) is 5.97. The van der Waals surface area contributed by atoms with Gasteiger partial charge in [-0.05, 0) is 20.3 Å². The van der Waals surface area contributed by atoms with Crippen LogP contribution in [-0.2, 0) is 0 Å². The zero-order valence-electron chi connectivity index (χ0n) is 13.2. The number of thioether (sulfide) groups is 1. The van der Waals surface area contributed by atoms with Crippen LogP contribution in [0.5, 0.6) is 0 Å². The summed E-state index contributed by atoms with van der Waals surface area (Å²) in [4.78, 5) is 21.6. The number of carbonyl (C=O) groups excluding carboxylic acids is 1. The summed E-state index contributed by atoms with van der Waals surface area (Å²) >= 11 is 3.31. The summed E-state index contributed by atoms with van der Waals surface area (Å²) in [6, 6.07) is 0. The minimum absolute atomic E-state index is 0.0227. The third-order valence-corrected chi connectivity index (χ3v) is 5.91. The zero-order valence-corrected chi connectivity index (χ0v) is 14.8. The molecule has 118 valence electrons. The van der Waals surface area contributed by atoms with Crippen molar-refractivity contribution in [2.24, 2.45) is 0 Å². The van der Waals surface area contributed by atoms with Crippen LogP contribution >= 0.6 is 23.1 Å². The van der Waals surface area contributed by atoms with Gasteiger partial charge in [-0.1, -0.05) is 18.3 Å². The highest BCUT2D eigenvalue weighted by Gasteiger charge is 2.32. The Morgan fingerprint density at radius 3 is 2.86 bits per heavy atom. The number of hydrogen-bond acceptors (Lipinski definition) is 6. The zero-order chi connectivity index (χ0) is 15.6. The molecule has 1 aliphatic heterocycles. The van der Waals surface area contributed by atoms with Crippen molar-refractivity contribution in [3.63, 3.8) is 0 Å². The fraction of sp³-hybridized carbons (Fsp3) is 0.714. The Kier molecular flexibility index (Phi) is 5.03. The van der Waals surface area contributed by atoms with E-state index in [4.69, 9.17) is 5.73 Å². The number of nitrogen functional groups attached to an aromatic ring is 1. The molecule has 2 N–H and O–H groups in total. The van der Waals surface area contributed by atoms with E-state index in [0.29, 0.717) is 10.7 Å². The van der Waals surface area contributed by atoms with Crippen molar-refractivity contribution in [3.05, 3.63) is 4.88 Å². The molecule has 2 rings (SSSR count). The number of thiazole rings is 1. The van der Waals surface area contributed by atoms with Gasteiger partial charge < -0.3 is 15.5 Å². The van der Waals surface area contributed by atoms with E-state index in [1.54, 1.807) is 0 Å². The molecule has 5 nitrogen and oxygen atoms in total. The van der Waals surface area contributed by atoms with Gasteiger partial charge in [-0.15, -0.1) is 0 Å². The van der Waals surface area contributed by atoms with Crippen molar-refractivity contribution in [2.45, 2.75) is 31.9 Å². The molecule has 1 saturated heterocycles. The Balaban J connectivity index is 2.16. The van der Waals surface area contributed by atoms with Crippen molar-refractivity contribution in [1.82, 2.24) is 9.88 Å². The predicted octanol–water partition coefficient (Wildman–Crippen LogP) is 2.54. The highest BCUT2D eigenvalue weighted by atomic mass is 32.2. The first-order valence-electron chi connectivity index (χ1n) is 7.24. The summed E-state index contributed by atoms with van der Waals surface area (Å²) in [5, 5.41) is 0.823. The SMILES string of the molecule is CCCN(C)c1nc(N)c(C(=O)N2CCSC(C)(C)C2)s1. The van der Waals surface area contributed by atoms with Gasteiger partial charge in [-0.2, -0.15) is 11.8 Å². The number of amides is 1. The lowest BCUT2D eigenvalue weighted by atomic mass is 10.2. The van der Waals surface area contributed by atoms with E-state index in [2.05, 4.69) is 25.8 Å². The number of aromatic nitrogens is 1. The van der Waals surface area contributed by atoms with Crippen molar-refractivity contribution in [1.29, 1.82) is 0 Å². The molecular weight excluding hydrogens is 304 g/mol. The number of rotatable bonds is 4. The van der Waals surface area contributed by atoms with Crippen LogP contribution in [0, 0.1) is 0 Å². The second-order valence-corrected chi connectivity index (χ2v) is 8.75. The molecule has 21 heavy (non-hydrogen) atoms. The van der Waals surface area contributed by atoms with Crippen LogP contribution in [0.4, 0.5) is 10.9 Å². The van der Waals surface area contributed by atoms with Gasteiger partial charge in [0.25, 0.3) is 5.91 Å². The van der Waals surface area contributed by atoms with Gasteiger partial charge in [0.15, 0.2) is 5.13 Å². The summed E-state index contributed by atoms with van der Waals surface area (Å²) in [5.74, 6) is 1.36. The molecule has 0 unspecified atom stereocenters. The lowest BCUT2D eigenvalue weighted by molar-refractivity contribution is 0.0753. The highest BCUT2D eigenvalue weighted by molar-refractivity contribution is 8.00. The maximum absolute atomic E-state index is 12.7. The number of hydrogen-bond donors (Lipinski definition) is 1. The Labute approximate surface area is 134 Å². The first kappa shape index (κ1) is 16.4. The smallest absolute Gasteiger partial charge is 0.267 e. The first-order valence-corrected chi connectivity index (χ1v) is 9.05. The molecule has 0 atom stereocenters. The van der Waals surface area contributed by atoms with Gasteiger partial charge in [0, 0.05) is 37.2 Å². The van der Waals surface area contributed by atoms with Crippen LogP contribution in [0.2, 0.25) is 0 Å². The van der Waals surface area contributed by atoms with E-state index in [1.807, 2.05) is 28.6 Å². The summed E-state index contributed by atoms with van der Waals surface area (Å²) in [6.45, 7) is 8.92. The van der Waals surface area contributed by atoms with Crippen LogP contribution in [0.3, 0.4) is 0 Å². The van der Waals surface area contributed by atoms with Crippen LogP contribution in [-0.4, -0.2) is 53.0 Å². The fourth-order valence-electron chi connectivity index (χ4n) is 2.40. The van der Waals surface area contributed by atoms with Crippen molar-refractivity contribution >= 4 is 40.0 Å². The average Bonchev–Trinajstić information content (AvgIpc) is 2.79. The van der Waals surface area contributed by atoms with Gasteiger partial charge in [0.05, 0.1) is 0 Å². The molecule has 7 heteroatoms. The van der Waals surface area contributed by atoms with E-state index in [9.17, 15) is 4.79 Å². The van der Waals surface area contributed by atoms with Crippen LogP contribution in [0.1, 0.15) is 36.9 Å². The standard InChI is InChI=1S/C14H24N4OS2/c1-5-6-17(4)13-16-11(15)10(21-13)12(19)18-7-8-20-14(2,3)9-18/h5-9,15H2,1-4H3. The monoisotopic (exact) mass is 328 g/mol. The Bertz CT molecular complexity index is 515. The normalized spacial score (nSPS) is 17.8. The molecule has 1 amide bonds. The Hall–Kier alpha value is -0.950. The number of carbonyl (C=O) groups is 1. The van der Waals surface area contributed by atoms with Gasteiger partial charge in [-0.3, -0.25) is 4.79 Å². The third kappa shape index (κ3) is 3.83. The van der Waals surface area contributed by atoms with E-state index in [1.165, 1.54) is 11.3 Å². The summed E-state index contributed by atoms with van der Waals surface area (Å²) < 4.78 is 0.106. The summed E-state index contributed by atoms with van der Waals surface area (Å²) in [7, 11) is 1.98. The largest absolute Gasteiger partial charge is 0.382 e. The van der Waals surface area contributed by atoms with Gasteiger partial charge in [0.2, 0.25) is 0 Å². The first-order chi connectivity index (χ1) is 9.84. The van der Waals surface area contributed by atoms with Crippen LogP contribution in [0.25, 0.3) is 0 Å². The molecule has 0 saturated carbocycles. The van der Waals surface area contributed by atoms with Crippen LogP contribution < -0.4 is 10.6 Å².